The molecule has 0 radical (unpaired) electrons. The number of hydrogen-bond acceptors (Lipinski definition) is 5. The second-order valence-corrected chi connectivity index (χ2v) is 9.35. The minimum absolute atomic E-state index is 0. The van der Waals surface area contributed by atoms with E-state index in [0.717, 1.165) is 31.2 Å². The SMILES string of the molecule is O=C1Cc2ccc(C(=O)N[C@H](C(=O)N3C[C@H](Cl)[C@H]4OCC(=O)[C@H]43)C3CCCC3)cc2N1.S.S.S.S. The zero-order valence-corrected chi connectivity index (χ0v) is 23.7. The fourth-order valence-electron chi connectivity index (χ4n) is 5.25. The Labute approximate surface area is 237 Å². The summed E-state index contributed by atoms with van der Waals surface area (Å²) in [6, 6.07) is 3.66. The standard InChI is InChI=1S/C22H24ClN3O5.4H2S/c23-14-9-26(19-16(27)10-31-20(14)19)22(30)18(11-3-1-2-4-11)25-21(29)13-6-5-12-8-17(28)24-15(12)7-13;;;;/h5-7,11,14,18-20H,1-4,8-10H2,(H,24,28)(H,25,29);4*1H2/t14-,18-,19+,20+;;;;/m0..../s1. The van der Waals surface area contributed by atoms with E-state index >= 15 is 0 Å². The lowest BCUT2D eigenvalue weighted by Crippen LogP contribution is -2.54. The number of Topliss-reactive ketones (excluding diaryl/α,β-unsaturated/α-hetero) is 1. The molecule has 5 rings (SSSR count). The number of ether oxygens (including phenoxy) is 1. The number of amides is 3. The van der Waals surface area contributed by atoms with Crippen LogP contribution in [0, 0.1) is 5.92 Å². The predicted molar refractivity (Wildman–Crippen MR) is 153 cm³/mol. The van der Waals surface area contributed by atoms with Crippen LogP contribution in [0.15, 0.2) is 18.2 Å². The monoisotopic (exact) mass is 581 g/mol. The van der Waals surface area contributed by atoms with Gasteiger partial charge in [0, 0.05) is 17.8 Å². The van der Waals surface area contributed by atoms with E-state index in [2.05, 4.69) is 10.6 Å². The topological polar surface area (TPSA) is 105 Å². The highest BCUT2D eigenvalue weighted by Gasteiger charge is 2.53. The molecule has 35 heavy (non-hydrogen) atoms. The number of halogens is 1. The molecule has 3 aliphatic heterocycles. The van der Waals surface area contributed by atoms with Gasteiger partial charge in [0.15, 0.2) is 5.78 Å². The lowest BCUT2D eigenvalue weighted by Gasteiger charge is -2.30. The maximum absolute atomic E-state index is 13.6. The van der Waals surface area contributed by atoms with E-state index in [-0.39, 0.29) is 96.6 Å². The van der Waals surface area contributed by atoms with E-state index in [1.807, 2.05) is 0 Å². The van der Waals surface area contributed by atoms with Crippen molar-refractivity contribution in [3.05, 3.63) is 29.3 Å². The van der Waals surface area contributed by atoms with Crippen LogP contribution >= 0.6 is 65.6 Å². The Morgan fingerprint density at radius 1 is 1.11 bits per heavy atom. The third-order valence-corrected chi connectivity index (χ3v) is 7.21. The molecule has 13 heteroatoms. The fourth-order valence-corrected chi connectivity index (χ4v) is 5.61. The fraction of sp³-hybridized carbons (Fsp3) is 0.545. The largest absolute Gasteiger partial charge is 0.366 e. The molecule has 0 bridgehead atoms. The van der Waals surface area contributed by atoms with Gasteiger partial charge in [-0.1, -0.05) is 18.9 Å². The molecule has 3 fully saturated rings. The van der Waals surface area contributed by atoms with E-state index < -0.39 is 23.6 Å². The summed E-state index contributed by atoms with van der Waals surface area (Å²) in [4.78, 5) is 52.1. The molecule has 0 aromatic heterocycles. The molecule has 1 aromatic rings. The Balaban J connectivity index is 0.00000153. The Morgan fingerprint density at radius 2 is 1.80 bits per heavy atom. The molecule has 1 aliphatic carbocycles. The van der Waals surface area contributed by atoms with Gasteiger partial charge in [-0.15, -0.1) is 11.6 Å². The second-order valence-electron chi connectivity index (χ2n) is 8.79. The highest BCUT2D eigenvalue weighted by Crippen LogP contribution is 2.34. The molecule has 3 amide bonds. The van der Waals surface area contributed by atoms with Gasteiger partial charge in [-0.05, 0) is 36.5 Å². The molecule has 4 aliphatic rings. The summed E-state index contributed by atoms with van der Waals surface area (Å²) in [6.45, 7) is 0.190. The molecular formula is C22H32ClN3O5S4. The normalized spacial score (nSPS) is 25.2. The van der Waals surface area contributed by atoms with Gasteiger partial charge in [-0.3, -0.25) is 19.2 Å². The van der Waals surface area contributed by atoms with Gasteiger partial charge in [0.2, 0.25) is 11.8 Å². The number of fused-ring (bicyclic) bond motifs is 2. The third-order valence-electron chi connectivity index (χ3n) is 6.83. The minimum Gasteiger partial charge on any atom is -0.366 e. The van der Waals surface area contributed by atoms with E-state index in [9.17, 15) is 19.2 Å². The Kier molecular flexibility index (Phi) is 11.8. The molecule has 2 saturated heterocycles. The maximum atomic E-state index is 13.6. The van der Waals surface area contributed by atoms with Crippen molar-refractivity contribution in [1.29, 1.82) is 0 Å². The van der Waals surface area contributed by atoms with E-state index in [1.165, 1.54) is 4.90 Å². The molecular weight excluding hydrogens is 550 g/mol. The Bertz CT molecular complexity index is 978. The van der Waals surface area contributed by atoms with Gasteiger partial charge >= 0.3 is 0 Å². The minimum atomic E-state index is -0.728. The van der Waals surface area contributed by atoms with Crippen LogP contribution in [0.2, 0.25) is 0 Å². The first-order chi connectivity index (χ1) is 14.9. The van der Waals surface area contributed by atoms with Gasteiger partial charge in [0.25, 0.3) is 5.91 Å². The van der Waals surface area contributed by atoms with E-state index in [0.29, 0.717) is 17.7 Å². The Hall–Kier alpha value is -1.05. The van der Waals surface area contributed by atoms with Crippen molar-refractivity contribution in [2.24, 2.45) is 5.92 Å². The van der Waals surface area contributed by atoms with Crippen LogP contribution in [0.4, 0.5) is 5.69 Å². The van der Waals surface area contributed by atoms with Crippen molar-refractivity contribution in [2.75, 3.05) is 18.5 Å². The Morgan fingerprint density at radius 3 is 2.49 bits per heavy atom. The number of likely N-dealkylation sites (tertiary alicyclic amines) is 1. The summed E-state index contributed by atoms with van der Waals surface area (Å²) in [6.07, 6.45) is 3.50. The quantitative estimate of drug-likeness (QED) is 0.527. The second kappa shape index (κ2) is 13.0. The smallest absolute Gasteiger partial charge is 0.252 e. The zero-order chi connectivity index (χ0) is 21.7. The van der Waals surface area contributed by atoms with E-state index in [1.54, 1.807) is 18.2 Å². The molecule has 4 atom stereocenters. The first kappa shape index (κ1) is 32.0. The van der Waals surface area contributed by atoms with E-state index in [4.69, 9.17) is 16.3 Å². The first-order valence-corrected chi connectivity index (χ1v) is 11.2. The van der Waals surface area contributed by atoms with Crippen molar-refractivity contribution in [2.45, 2.75) is 55.7 Å². The molecule has 2 N–H and O–H groups in total. The number of hydrogen-bond donors (Lipinski definition) is 2. The summed E-state index contributed by atoms with van der Waals surface area (Å²) >= 11 is 6.36. The summed E-state index contributed by atoms with van der Waals surface area (Å²) in [5.41, 5.74) is 1.86. The number of anilines is 1. The van der Waals surface area contributed by atoms with Crippen LogP contribution in [-0.4, -0.2) is 65.1 Å². The van der Waals surface area contributed by atoms with Crippen molar-refractivity contribution in [3.8, 4) is 0 Å². The number of carbonyl (C=O) groups excluding carboxylic acids is 4. The van der Waals surface area contributed by atoms with Crippen molar-refractivity contribution in [1.82, 2.24) is 10.2 Å². The van der Waals surface area contributed by atoms with Gasteiger partial charge < -0.3 is 20.3 Å². The average molecular weight is 582 g/mol. The highest BCUT2D eigenvalue weighted by molar-refractivity contribution is 7.59. The van der Waals surface area contributed by atoms with Crippen LogP contribution in [0.25, 0.3) is 0 Å². The van der Waals surface area contributed by atoms with Crippen molar-refractivity contribution in [3.63, 3.8) is 0 Å². The maximum Gasteiger partial charge on any atom is 0.252 e. The number of alkyl halides is 1. The molecule has 0 unspecified atom stereocenters. The van der Waals surface area contributed by atoms with Crippen LogP contribution in [-0.2, 0) is 25.5 Å². The van der Waals surface area contributed by atoms with Crippen LogP contribution < -0.4 is 10.6 Å². The van der Waals surface area contributed by atoms with Crippen LogP contribution in [0.3, 0.4) is 0 Å². The lowest BCUT2D eigenvalue weighted by atomic mass is 9.95. The van der Waals surface area contributed by atoms with Crippen molar-refractivity contribution >= 4 is 94.8 Å². The molecule has 1 saturated carbocycles. The first-order valence-electron chi connectivity index (χ1n) is 10.7. The number of carbonyl (C=O) groups is 4. The number of rotatable bonds is 4. The number of nitrogens with zero attached hydrogens (tertiary/aromatic N) is 1. The molecule has 196 valence electrons. The van der Waals surface area contributed by atoms with Crippen LogP contribution in [0.5, 0.6) is 0 Å². The zero-order valence-electron chi connectivity index (χ0n) is 18.9. The molecule has 0 spiro atoms. The number of ketones is 1. The summed E-state index contributed by atoms with van der Waals surface area (Å²) in [5, 5.41) is 5.23. The van der Waals surface area contributed by atoms with Gasteiger partial charge in [0.05, 0.1) is 11.8 Å². The average Bonchev–Trinajstić information content (AvgIpc) is 3.51. The molecule has 3 heterocycles. The third kappa shape index (κ3) is 6.10. The number of nitrogens with one attached hydrogen (secondary N) is 2. The van der Waals surface area contributed by atoms with Gasteiger partial charge in [-0.2, -0.15) is 54.0 Å². The molecule has 8 nitrogen and oxygen atoms in total. The summed E-state index contributed by atoms with van der Waals surface area (Å²) < 4.78 is 5.49. The predicted octanol–water partition coefficient (Wildman–Crippen LogP) is 1.71. The van der Waals surface area contributed by atoms with Crippen molar-refractivity contribution < 1.29 is 23.9 Å². The number of benzene rings is 1. The molecule has 1 aromatic carbocycles. The van der Waals surface area contributed by atoms with Gasteiger partial charge in [0.1, 0.15) is 24.8 Å². The lowest BCUT2D eigenvalue weighted by molar-refractivity contribution is -0.139. The van der Waals surface area contributed by atoms with Crippen LogP contribution in [0.1, 0.15) is 41.6 Å². The highest BCUT2D eigenvalue weighted by atomic mass is 35.5. The summed E-state index contributed by atoms with van der Waals surface area (Å²) in [7, 11) is 0. The van der Waals surface area contributed by atoms with Gasteiger partial charge in [-0.25, -0.2) is 0 Å². The summed E-state index contributed by atoms with van der Waals surface area (Å²) in [5.74, 6) is -0.884.